The number of rotatable bonds is 3. The molecule has 2 saturated heterocycles. The molecule has 1 aromatic rings. The number of hydrogen-bond acceptors (Lipinski definition) is 2. The van der Waals surface area contributed by atoms with Crippen LogP contribution in [0.15, 0.2) is 35.4 Å². The van der Waals surface area contributed by atoms with E-state index < -0.39 is 0 Å². The van der Waals surface area contributed by atoms with E-state index in [1.807, 2.05) is 0 Å². The minimum atomic E-state index is 0.180. The van der Waals surface area contributed by atoms with Crippen LogP contribution in [-0.2, 0) is 6.54 Å². The second-order valence-corrected chi connectivity index (χ2v) is 5.67. The highest BCUT2D eigenvalue weighted by molar-refractivity contribution is 5.16. The standard InChI is InChI=1S/C15H20N4/c16-18-17-14-10-13-8-4-5-9-15(14)19(13)11-12-6-2-1-3-7-12/h1-3,6-7,13-15H,4-5,8-11H2. The third kappa shape index (κ3) is 2.60. The zero-order valence-corrected chi connectivity index (χ0v) is 11.2. The van der Waals surface area contributed by atoms with Gasteiger partial charge in [0.2, 0.25) is 0 Å². The first-order valence-corrected chi connectivity index (χ1v) is 7.22. The number of azide groups is 1. The van der Waals surface area contributed by atoms with Crippen molar-refractivity contribution in [2.75, 3.05) is 0 Å². The van der Waals surface area contributed by atoms with Crippen LogP contribution in [0.3, 0.4) is 0 Å². The normalized spacial score (nSPS) is 30.6. The maximum atomic E-state index is 8.73. The van der Waals surface area contributed by atoms with E-state index in [-0.39, 0.29) is 6.04 Å². The van der Waals surface area contributed by atoms with Crippen molar-refractivity contribution >= 4 is 0 Å². The van der Waals surface area contributed by atoms with E-state index >= 15 is 0 Å². The van der Waals surface area contributed by atoms with Gasteiger partial charge in [0.15, 0.2) is 0 Å². The van der Waals surface area contributed by atoms with E-state index in [1.165, 1.54) is 31.2 Å². The molecule has 0 radical (unpaired) electrons. The lowest BCUT2D eigenvalue weighted by atomic mass is 9.97. The predicted molar refractivity (Wildman–Crippen MR) is 75.6 cm³/mol. The molecule has 0 saturated carbocycles. The molecule has 2 fully saturated rings. The average Bonchev–Trinajstić information content (AvgIpc) is 2.60. The molecule has 3 rings (SSSR count). The first kappa shape index (κ1) is 12.5. The van der Waals surface area contributed by atoms with Gasteiger partial charge in [-0.1, -0.05) is 48.3 Å². The summed E-state index contributed by atoms with van der Waals surface area (Å²) in [6, 6.07) is 11.9. The summed E-state index contributed by atoms with van der Waals surface area (Å²) >= 11 is 0. The van der Waals surface area contributed by atoms with Crippen LogP contribution in [0.5, 0.6) is 0 Å². The second kappa shape index (κ2) is 5.64. The largest absolute Gasteiger partial charge is 0.293 e. The molecule has 100 valence electrons. The van der Waals surface area contributed by atoms with Crippen molar-refractivity contribution in [1.29, 1.82) is 0 Å². The Morgan fingerprint density at radius 3 is 2.79 bits per heavy atom. The molecule has 4 heteroatoms. The molecule has 3 atom stereocenters. The van der Waals surface area contributed by atoms with Crippen LogP contribution in [0.25, 0.3) is 10.4 Å². The Hall–Kier alpha value is -1.51. The average molecular weight is 256 g/mol. The summed E-state index contributed by atoms with van der Waals surface area (Å²) in [4.78, 5) is 5.63. The molecule has 0 aromatic heterocycles. The Kier molecular flexibility index (Phi) is 3.72. The topological polar surface area (TPSA) is 52.0 Å². The monoisotopic (exact) mass is 256 g/mol. The smallest absolute Gasteiger partial charge is 0.0544 e. The number of nitrogens with zero attached hydrogens (tertiary/aromatic N) is 4. The van der Waals surface area contributed by atoms with E-state index in [2.05, 4.69) is 45.3 Å². The molecule has 19 heavy (non-hydrogen) atoms. The summed E-state index contributed by atoms with van der Waals surface area (Å²) in [6.07, 6.45) is 6.05. The summed E-state index contributed by atoms with van der Waals surface area (Å²) in [5.74, 6) is 0. The fourth-order valence-corrected chi connectivity index (χ4v) is 3.67. The maximum Gasteiger partial charge on any atom is 0.0544 e. The molecule has 3 unspecified atom stereocenters. The lowest BCUT2D eigenvalue weighted by molar-refractivity contribution is 0.181. The third-order valence-electron chi connectivity index (χ3n) is 4.55. The SMILES string of the molecule is [N-]=[N+]=NC1CC2CCCCC1N2Cc1ccccc1. The molecular weight excluding hydrogens is 236 g/mol. The summed E-state index contributed by atoms with van der Waals surface area (Å²) in [5, 5.41) is 4.04. The van der Waals surface area contributed by atoms with Crippen LogP contribution < -0.4 is 0 Å². The quantitative estimate of drug-likeness (QED) is 0.460. The molecule has 2 aliphatic heterocycles. The Morgan fingerprint density at radius 1 is 1.21 bits per heavy atom. The molecule has 0 N–H and O–H groups in total. The highest BCUT2D eigenvalue weighted by atomic mass is 15.3. The van der Waals surface area contributed by atoms with Gasteiger partial charge in [0.25, 0.3) is 0 Å². The van der Waals surface area contributed by atoms with Crippen LogP contribution in [0.1, 0.15) is 37.7 Å². The molecule has 0 aliphatic carbocycles. The molecular formula is C15H20N4. The van der Waals surface area contributed by atoms with Crippen LogP contribution >= 0.6 is 0 Å². The van der Waals surface area contributed by atoms with Crippen LogP contribution in [-0.4, -0.2) is 23.0 Å². The minimum Gasteiger partial charge on any atom is -0.293 e. The molecule has 2 heterocycles. The first-order chi connectivity index (χ1) is 9.38. The van der Waals surface area contributed by atoms with E-state index in [9.17, 15) is 0 Å². The van der Waals surface area contributed by atoms with Crippen LogP contribution in [0.4, 0.5) is 0 Å². The summed E-state index contributed by atoms with van der Waals surface area (Å²) in [5.41, 5.74) is 10.1. The van der Waals surface area contributed by atoms with E-state index in [0.29, 0.717) is 12.1 Å². The van der Waals surface area contributed by atoms with Gasteiger partial charge in [-0.2, -0.15) is 0 Å². The van der Waals surface area contributed by atoms with Gasteiger partial charge in [0, 0.05) is 23.5 Å². The Labute approximate surface area is 114 Å². The highest BCUT2D eigenvalue weighted by Crippen LogP contribution is 2.37. The van der Waals surface area contributed by atoms with Crippen molar-refractivity contribution in [3.05, 3.63) is 46.3 Å². The van der Waals surface area contributed by atoms with Crippen molar-refractivity contribution in [2.45, 2.75) is 56.8 Å². The van der Waals surface area contributed by atoms with Gasteiger partial charge in [0.1, 0.15) is 0 Å². The first-order valence-electron chi connectivity index (χ1n) is 7.22. The number of hydrogen-bond donors (Lipinski definition) is 0. The molecule has 2 bridgehead atoms. The molecule has 4 nitrogen and oxygen atoms in total. The van der Waals surface area contributed by atoms with Crippen molar-refractivity contribution in [3.63, 3.8) is 0 Å². The summed E-state index contributed by atoms with van der Waals surface area (Å²) in [6.45, 7) is 0.994. The third-order valence-corrected chi connectivity index (χ3v) is 4.55. The van der Waals surface area contributed by atoms with Gasteiger partial charge in [-0.05, 0) is 30.4 Å². The minimum absolute atomic E-state index is 0.180. The molecule has 0 spiro atoms. The predicted octanol–water partition coefficient (Wildman–Crippen LogP) is 3.88. The van der Waals surface area contributed by atoms with Crippen molar-refractivity contribution in [3.8, 4) is 0 Å². The van der Waals surface area contributed by atoms with Crippen molar-refractivity contribution < 1.29 is 0 Å². The fourth-order valence-electron chi connectivity index (χ4n) is 3.67. The van der Waals surface area contributed by atoms with Crippen molar-refractivity contribution in [2.24, 2.45) is 5.11 Å². The lowest BCUT2D eigenvalue weighted by Crippen LogP contribution is -2.36. The molecule has 2 aliphatic rings. The summed E-state index contributed by atoms with van der Waals surface area (Å²) in [7, 11) is 0. The van der Waals surface area contributed by atoms with Gasteiger partial charge in [-0.15, -0.1) is 0 Å². The number of fused-ring (bicyclic) bond motifs is 2. The van der Waals surface area contributed by atoms with Crippen LogP contribution in [0.2, 0.25) is 0 Å². The fraction of sp³-hybridized carbons (Fsp3) is 0.600. The van der Waals surface area contributed by atoms with Gasteiger partial charge >= 0.3 is 0 Å². The Bertz CT molecular complexity index is 466. The lowest BCUT2D eigenvalue weighted by Gasteiger charge is -2.28. The van der Waals surface area contributed by atoms with Gasteiger partial charge in [-0.25, -0.2) is 0 Å². The second-order valence-electron chi connectivity index (χ2n) is 5.67. The Balaban J connectivity index is 1.81. The van der Waals surface area contributed by atoms with Crippen molar-refractivity contribution in [1.82, 2.24) is 4.90 Å². The summed E-state index contributed by atoms with van der Waals surface area (Å²) < 4.78 is 0. The number of benzene rings is 1. The zero-order valence-electron chi connectivity index (χ0n) is 11.2. The molecule has 1 aromatic carbocycles. The van der Waals surface area contributed by atoms with Gasteiger partial charge in [0.05, 0.1) is 6.04 Å². The maximum absolute atomic E-state index is 8.73. The van der Waals surface area contributed by atoms with Gasteiger partial charge in [-0.3, -0.25) is 4.90 Å². The molecule has 0 amide bonds. The van der Waals surface area contributed by atoms with Crippen LogP contribution in [0, 0.1) is 0 Å². The van der Waals surface area contributed by atoms with E-state index in [0.717, 1.165) is 13.0 Å². The van der Waals surface area contributed by atoms with E-state index in [1.54, 1.807) is 0 Å². The van der Waals surface area contributed by atoms with Gasteiger partial charge < -0.3 is 0 Å². The Morgan fingerprint density at radius 2 is 2.00 bits per heavy atom. The zero-order chi connectivity index (χ0) is 13.1. The highest BCUT2D eigenvalue weighted by Gasteiger charge is 2.41. The van der Waals surface area contributed by atoms with E-state index in [4.69, 9.17) is 5.53 Å².